The fraction of sp³-hybridized carbons (Fsp3) is 0.684. The second-order valence-corrected chi connectivity index (χ2v) is 7.68. The average Bonchev–Trinajstić information content (AvgIpc) is 2.90. The van der Waals surface area contributed by atoms with E-state index in [1.807, 2.05) is 12.1 Å². The molecule has 1 aliphatic carbocycles. The largest absolute Gasteiger partial charge is 0.312 e. The van der Waals surface area contributed by atoms with Gasteiger partial charge < -0.3 is 5.32 Å². The molecule has 1 fully saturated rings. The first-order chi connectivity index (χ1) is 9.94. The molecular weight excluding hydrogens is 261 g/mol. The summed E-state index contributed by atoms with van der Waals surface area (Å²) in [6.45, 7) is 7.57. The van der Waals surface area contributed by atoms with Crippen molar-refractivity contribution in [2.24, 2.45) is 11.8 Å². The van der Waals surface area contributed by atoms with Crippen LogP contribution >= 0.6 is 0 Å². The van der Waals surface area contributed by atoms with Crippen LogP contribution in [0, 0.1) is 17.7 Å². The summed E-state index contributed by atoms with van der Waals surface area (Å²) in [6.07, 6.45) is 7.57. The maximum absolute atomic E-state index is 13.9. The standard InChI is InChI=1S/C19H30FN/c1-19(2,3)21-14-16(12-15-8-4-5-9-15)13-17-10-6-7-11-18(17)20/h6-7,10-11,15-16,21H,4-5,8-9,12-14H2,1-3H3. The first-order valence-electron chi connectivity index (χ1n) is 8.42. The smallest absolute Gasteiger partial charge is 0.126 e. The predicted molar refractivity (Wildman–Crippen MR) is 87.9 cm³/mol. The number of hydrogen-bond donors (Lipinski definition) is 1. The number of rotatable bonds is 6. The molecule has 118 valence electrons. The van der Waals surface area contributed by atoms with Gasteiger partial charge in [-0.25, -0.2) is 4.39 Å². The summed E-state index contributed by atoms with van der Waals surface area (Å²) in [5.41, 5.74) is 1.000. The Balaban J connectivity index is 1.98. The summed E-state index contributed by atoms with van der Waals surface area (Å²) in [5.74, 6) is 1.33. The van der Waals surface area contributed by atoms with E-state index in [2.05, 4.69) is 26.1 Å². The lowest BCUT2D eigenvalue weighted by atomic mass is 9.87. The highest BCUT2D eigenvalue weighted by atomic mass is 19.1. The molecule has 1 unspecified atom stereocenters. The first-order valence-corrected chi connectivity index (χ1v) is 8.42. The van der Waals surface area contributed by atoms with Crippen LogP contribution in [0.5, 0.6) is 0 Å². The van der Waals surface area contributed by atoms with Gasteiger partial charge in [-0.2, -0.15) is 0 Å². The Bertz CT molecular complexity index is 429. The topological polar surface area (TPSA) is 12.0 Å². The third-order valence-electron chi connectivity index (χ3n) is 4.53. The maximum Gasteiger partial charge on any atom is 0.126 e. The molecule has 0 saturated heterocycles. The molecule has 1 atom stereocenters. The zero-order valence-electron chi connectivity index (χ0n) is 13.8. The third kappa shape index (κ3) is 5.78. The molecule has 1 aliphatic rings. The highest BCUT2D eigenvalue weighted by Gasteiger charge is 2.22. The fourth-order valence-corrected chi connectivity index (χ4v) is 3.38. The van der Waals surface area contributed by atoms with Crippen molar-refractivity contribution in [3.8, 4) is 0 Å². The van der Waals surface area contributed by atoms with Gasteiger partial charge in [0.2, 0.25) is 0 Å². The first kappa shape index (κ1) is 16.5. The van der Waals surface area contributed by atoms with E-state index in [1.165, 1.54) is 32.1 Å². The molecule has 0 amide bonds. The van der Waals surface area contributed by atoms with E-state index < -0.39 is 0 Å². The third-order valence-corrected chi connectivity index (χ3v) is 4.53. The molecule has 0 aromatic heterocycles. The van der Waals surface area contributed by atoms with E-state index >= 15 is 0 Å². The van der Waals surface area contributed by atoms with Crippen molar-refractivity contribution in [2.45, 2.75) is 64.8 Å². The van der Waals surface area contributed by atoms with E-state index in [0.29, 0.717) is 5.92 Å². The minimum atomic E-state index is -0.0512. The van der Waals surface area contributed by atoms with E-state index in [1.54, 1.807) is 12.1 Å². The van der Waals surface area contributed by atoms with Crippen LogP contribution in [-0.2, 0) is 6.42 Å². The maximum atomic E-state index is 13.9. The summed E-state index contributed by atoms with van der Waals surface area (Å²) >= 11 is 0. The monoisotopic (exact) mass is 291 g/mol. The molecule has 0 radical (unpaired) electrons. The van der Waals surface area contributed by atoms with Gasteiger partial charge in [0.25, 0.3) is 0 Å². The van der Waals surface area contributed by atoms with Gasteiger partial charge >= 0.3 is 0 Å². The number of hydrogen-bond acceptors (Lipinski definition) is 1. The van der Waals surface area contributed by atoms with E-state index in [0.717, 1.165) is 24.4 Å². The molecule has 1 saturated carbocycles. The van der Waals surface area contributed by atoms with Crippen LogP contribution < -0.4 is 5.32 Å². The van der Waals surface area contributed by atoms with E-state index in [9.17, 15) is 4.39 Å². The van der Waals surface area contributed by atoms with E-state index in [-0.39, 0.29) is 11.4 Å². The second kappa shape index (κ2) is 7.40. The van der Waals surface area contributed by atoms with Crippen LogP contribution in [-0.4, -0.2) is 12.1 Å². The van der Waals surface area contributed by atoms with Gasteiger partial charge in [-0.15, -0.1) is 0 Å². The molecule has 2 rings (SSSR count). The van der Waals surface area contributed by atoms with Gasteiger partial charge in [-0.1, -0.05) is 43.9 Å². The lowest BCUT2D eigenvalue weighted by molar-refractivity contribution is 0.315. The Morgan fingerprint density at radius 1 is 1.19 bits per heavy atom. The van der Waals surface area contributed by atoms with Gasteiger partial charge in [-0.3, -0.25) is 0 Å². The molecule has 0 spiro atoms. The van der Waals surface area contributed by atoms with E-state index in [4.69, 9.17) is 0 Å². The number of benzene rings is 1. The molecule has 1 N–H and O–H groups in total. The van der Waals surface area contributed by atoms with Crippen LogP contribution in [0.15, 0.2) is 24.3 Å². The van der Waals surface area contributed by atoms with Gasteiger partial charge in [-0.05, 0) is 63.6 Å². The van der Waals surface area contributed by atoms with Crippen LogP contribution in [0.3, 0.4) is 0 Å². The SMILES string of the molecule is CC(C)(C)NCC(Cc1ccccc1F)CC1CCCC1. The minimum Gasteiger partial charge on any atom is -0.312 e. The average molecular weight is 291 g/mol. The van der Waals surface area contributed by atoms with Crippen molar-refractivity contribution in [1.82, 2.24) is 5.32 Å². The fourth-order valence-electron chi connectivity index (χ4n) is 3.38. The zero-order valence-corrected chi connectivity index (χ0v) is 13.8. The van der Waals surface area contributed by atoms with Crippen molar-refractivity contribution in [3.05, 3.63) is 35.6 Å². The predicted octanol–water partition coefficient (Wildman–Crippen LogP) is 4.95. The van der Waals surface area contributed by atoms with Crippen LogP contribution in [0.1, 0.15) is 58.4 Å². The Morgan fingerprint density at radius 3 is 2.48 bits per heavy atom. The molecule has 1 nitrogen and oxygen atoms in total. The summed E-state index contributed by atoms with van der Waals surface area (Å²) in [7, 11) is 0. The Hall–Kier alpha value is -0.890. The highest BCUT2D eigenvalue weighted by molar-refractivity contribution is 5.18. The molecule has 21 heavy (non-hydrogen) atoms. The van der Waals surface area contributed by atoms with Crippen molar-refractivity contribution in [3.63, 3.8) is 0 Å². The minimum absolute atomic E-state index is 0.0512. The molecule has 1 aromatic carbocycles. The van der Waals surface area contributed by atoms with Gasteiger partial charge in [0.1, 0.15) is 5.82 Å². The van der Waals surface area contributed by atoms with Crippen LogP contribution in [0.4, 0.5) is 4.39 Å². The van der Waals surface area contributed by atoms with Crippen molar-refractivity contribution < 1.29 is 4.39 Å². The normalized spacial score (nSPS) is 18.1. The van der Waals surface area contributed by atoms with Crippen LogP contribution in [0.2, 0.25) is 0 Å². The Kier molecular flexibility index (Phi) is 5.80. The summed E-state index contributed by atoms with van der Waals surface area (Å²) < 4.78 is 13.9. The molecule has 0 heterocycles. The molecule has 0 bridgehead atoms. The van der Waals surface area contributed by atoms with Crippen molar-refractivity contribution in [1.29, 1.82) is 0 Å². The molecule has 1 aromatic rings. The summed E-state index contributed by atoms with van der Waals surface area (Å²) in [6, 6.07) is 7.24. The molecule has 0 aliphatic heterocycles. The lowest BCUT2D eigenvalue weighted by Crippen LogP contribution is -2.40. The van der Waals surface area contributed by atoms with Gasteiger partial charge in [0, 0.05) is 5.54 Å². The van der Waals surface area contributed by atoms with Gasteiger partial charge in [0.15, 0.2) is 0 Å². The summed E-state index contributed by atoms with van der Waals surface area (Å²) in [4.78, 5) is 0. The van der Waals surface area contributed by atoms with Crippen molar-refractivity contribution in [2.75, 3.05) is 6.54 Å². The molecule has 2 heteroatoms. The number of nitrogens with one attached hydrogen (secondary N) is 1. The quantitative estimate of drug-likeness (QED) is 0.781. The Labute approximate surface area is 129 Å². The second-order valence-electron chi connectivity index (χ2n) is 7.68. The molecular formula is C19H30FN. The highest BCUT2D eigenvalue weighted by Crippen LogP contribution is 2.31. The summed E-state index contributed by atoms with van der Waals surface area (Å²) in [5, 5.41) is 3.61. The lowest BCUT2D eigenvalue weighted by Gasteiger charge is -2.27. The number of halogens is 1. The van der Waals surface area contributed by atoms with Crippen molar-refractivity contribution >= 4 is 0 Å². The Morgan fingerprint density at radius 2 is 1.86 bits per heavy atom. The van der Waals surface area contributed by atoms with Gasteiger partial charge in [0.05, 0.1) is 0 Å². The zero-order chi connectivity index (χ0) is 15.3. The van der Waals surface area contributed by atoms with Crippen LogP contribution in [0.25, 0.3) is 0 Å².